The zero-order chi connectivity index (χ0) is 15.4. The van der Waals surface area contributed by atoms with Crippen LogP contribution in [0.4, 0.5) is 0 Å². The van der Waals surface area contributed by atoms with E-state index in [1.54, 1.807) is 0 Å². The van der Waals surface area contributed by atoms with Gasteiger partial charge in [0.15, 0.2) is 6.29 Å². The van der Waals surface area contributed by atoms with Crippen LogP contribution < -0.4 is 0 Å². The van der Waals surface area contributed by atoms with Gasteiger partial charge in [-0.25, -0.2) is 4.79 Å². The van der Waals surface area contributed by atoms with Crippen molar-refractivity contribution in [3.63, 3.8) is 0 Å². The second-order valence-corrected chi connectivity index (χ2v) is 3.46. The zero-order valence-electron chi connectivity index (χ0n) is 11.8. The number of carbonyl (C=O) groups excluding carboxylic acids is 1. The maximum atomic E-state index is 9.52. The molecule has 4 atom stereocenters. The van der Waals surface area contributed by atoms with Crippen molar-refractivity contribution in [2.75, 3.05) is 13.7 Å². The van der Waals surface area contributed by atoms with Crippen molar-refractivity contribution < 1.29 is 29.6 Å². The van der Waals surface area contributed by atoms with E-state index in [0.717, 1.165) is 0 Å². The minimum Gasteiger partial charge on any atom is -0.394 e. The molecule has 0 aromatic carbocycles. The molecule has 0 aliphatic carbocycles. The fourth-order valence-corrected chi connectivity index (χ4v) is 1.22. The van der Waals surface area contributed by atoms with Gasteiger partial charge in [-0.05, 0) is 0 Å². The van der Waals surface area contributed by atoms with Gasteiger partial charge >= 0.3 is 5.91 Å². The van der Waals surface area contributed by atoms with Gasteiger partial charge in [0, 0.05) is 18.4 Å². The normalized spacial score (nSPS) is 28.9. The van der Waals surface area contributed by atoms with E-state index in [4.69, 9.17) is 14.6 Å². The molecule has 112 valence electrons. The first kappa shape index (κ1) is 20.3. The van der Waals surface area contributed by atoms with Gasteiger partial charge in [-0.2, -0.15) is 0 Å². The highest BCUT2D eigenvalue weighted by Crippen LogP contribution is 2.20. The number of aliphatic hydroxyl groups excluding tert-OH is 3. The van der Waals surface area contributed by atoms with Gasteiger partial charge in [0.05, 0.1) is 19.6 Å². The molecule has 1 aliphatic rings. The van der Waals surface area contributed by atoms with Crippen molar-refractivity contribution in [3.8, 4) is 6.57 Å². The lowest BCUT2D eigenvalue weighted by Gasteiger charge is -2.35. The van der Waals surface area contributed by atoms with Gasteiger partial charge in [-0.1, -0.05) is 13.8 Å². The first-order valence-electron chi connectivity index (χ1n) is 6.03. The minimum absolute atomic E-state index is 0.230. The van der Waals surface area contributed by atoms with Crippen molar-refractivity contribution in [1.82, 2.24) is 0 Å². The Kier molecular flexibility index (Phi) is 12.8. The molecule has 7 nitrogen and oxygen atoms in total. The molecular formula is C12H24NO6+. The highest BCUT2D eigenvalue weighted by atomic mass is 16.7. The number of ether oxygens (including phenoxy) is 2. The van der Waals surface area contributed by atoms with Crippen LogP contribution in [-0.4, -0.2) is 59.5 Å². The molecule has 1 heterocycles. The molecule has 0 spiro atoms. The van der Waals surface area contributed by atoms with E-state index >= 15 is 0 Å². The number of aliphatic hydroxyl groups is 3. The maximum Gasteiger partial charge on any atom is 0.511 e. The summed E-state index contributed by atoms with van der Waals surface area (Å²) in [6.45, 7) is 9.42. The maximum absolute atomic E-state index is 9.52. The summed E-state index contributed by atoms with van der Waals surface area (Å²) in [6.07, 6.45) is -2.98. The molecule has 7 heteroatoms. The van der Waals surface area contributed by atoms with Crippen LogP contribution in [0.25, 0.3) is 4.85 Å². The fraction of sp³-hybridized carbons (Fsp3) is 0.833. The molecule has 0 radical (unpaired) electrons. The molecule has 1 aliphatic heterocycles. The molecule has 19 heavy (non-hydrogen) atoms. The van der Waals surface area contributed by atoms with Crippen molar-refractivity contribution >= 4 is 5.91 Å². The van der Waals surface area contributed by atoms with Gasteiger partial charge in [0.1, 0.15) is 12.2 Å². The first-order chi connectivity index (χ1) is 8.96. The minimum atomic E-state index is -1.03. The van der Waals surface area contributed by atoms with E-state index in [-0.39, 0.29) is 18.9 Å². The van der Waals surface area contributed by atoms with Crippen LogP contribution in [0.3, 0.4) is 0 Å². The topological polar surface area (TPSA) is 101 Å². The molecule has 0 saturated carbocycles. The van der Waals surface area contributed by atoms with E-state index in [1.165, 1.54) is 14.0 Å². The lowest BCUT2D eigenvalue weighted by molar-refractivity contribution is -0.248. The van der Waals surface area contributed by atoms with E-state index in [9.17, 15) is 15.0 Å². The highest BCUT2D eigenvalue weighted by molar-refractivity contribution is 5.83. The summed E-state index contributed by atoms with van der Waals surface area (Å²) >= 11 is 0. The second-order valence-electron chi connectivity index (χ2n) is 3.46. The summed E-state index contributed by atoms with van der Waals surface area (Å²) < 4.78 is 9.92. The van der Waals surface area contributed by atoms with Crippen LogP contribution in [0.5, 0.6) is 0 Å². The van der Waals surface area contributed by atoms with Crippen molar-refractivity contribution in [2.24, 2.45) is 0 Å². The van der Waals surface area contributed by atoms with E-state index in [2.05, 4.69) is 11.4 Å². The third kappa shape index (κ3) is 8.64. The molecule has 3 N–H and O–H groups in total. The summed E-state index contributed by atoms with van der Waals surface area (Å²) in [6, 6.07) is 0. The predicted octanol–water partition coefficient (Wildman–Crippen LogP) is -0.0163. The number of amides is 1. The van der Waals surface area contributed by atoms with Crippen LogP contribution in [0.1, 0.15) is 27.2 Å². The Hall–Kier alpha value is -1.04. The Morgan fingerprint density at radius 3 is 2.26 bits per heavy atom. The van der Waals surface area contributed by atoms with Crippen molar-refractivity contribution in [2.45, 2.75) is 51.8 Å². The smallest absolute Gasteiger partial charge is 0.394 e. The van der Waals surface area contributed by atoms with Crippen LogP contribution in [0.15, 0.2) is 0 Å². The number of hydrogen-bond acceptors (Lipinski definition) is 6. The molecule has 1 saturated heterocycles. The van der Waals surface area contributed by atoms with Gasteiger partial charge in [0.2, 0.25) is 0 Å². The van der Waals surface area contributed by atoms with Crippen LogP contribution in [0.2, 0.25) is 0 Å². The Morgan fingerprint density at radius 2 is 1.95 bits per heavy atom. The van der Waals surface area contributed by atoms with Gasteiger partial charge in [0.25, 0.3) is 6.57 Å². The van der Waals surface area contributed by atoms with Gasteiger partial charge in [-0.15, -0.1) is 0 Å². The molecule has 1 rings (SSSR count). The molecule has 0 aromatic heterocycles. The predicted molar refractivity (Wildman–Crippen MR) is 69.7 cm³/mol. The molecule has 4 unspecified atom stereocenters. The molecule has 0 bridgehead atoms. The van der Waals surface area contributed by atoms with E-state index in [1.807, 2.05) is 13.8 Å². The average Bonchev–Trinajstić information content (AvgIpc) is 2.44. The summed E-state index contributed by atoms with van der Waals surface area (Å²) in [5.41, 5.74) is 0. The molecule has 1 amide bonds. The number of rotatable bonds is 2. The van der Waals surface area contributed by atoms with Crippen LogP contribution >= 0.6 is 0 Å². The van der Waals surface area contributed by atoms with Crippen LogP contribution in [0, 0.1) is 6.57 Å². The van der Waals surface area contributed by atoms with E-state index < -0.39 is 24.6 Å². The molecular weight excluding hydrogens is 254 g/mol. The standard InChI is InChI=1S/C7H14O5.C3H4NO.C2H6/c1-11-6-2-4(9)7(10)5(3-8)12-6;1-3(5)4-2;1-2/h4-10H,2-3H2,1H3;2H,1H3;1-2H3/q;+1;. The number of hydrogen-bond donors (Lipinski definition) is 3. The van der Waals surface area contributed by atoms with Crippen molar-refractivity contribution in [3.05, 3.63) is 4.85 Å². The lowest BCUT2D eigenvalue weighted by Crippen LogP contribution is -2.50. The summed E-state index contributed by atoms with van der Waals surface area (Å²) in [4.78, 5) is 12.3. The van der Waals surface area contributed by atoms with Gasteiger partial charge < -0.3 is 24.8 Å². The molecule has 1 fully saturated rings. The zero-order valence-corrected chi connectivity index (χ0v) is 11.8. The fourth-order valence-electron chi connectivity index (χ4n) is 1.22. The van der Waals surface area contributed by atoms with Gasteiger partial charge in [-0.3, -0.25) is 0 Å². The Balaban J connectivity index is 0. The summed E-state index contributed by atoms with van der Waals surface area (Å²) in [5, 5.41) is 27.3. The quantitative estimate of drug-likeness (QED) is 0.656. The third-order valence-corrected chi connectivity index (χ3v) is 2.16. The van der Waals surface area contributed by atoms with Crippen molar-refractivity contribution in [1.29, 1.82) is 0 Å². The Labute approximate surface area is 113 Å². The average molecular weight is 278 g/mol. The SMILES string of the molecule is C#[N+]C(C)=O.CC.COC1CC(O)C(O)C(CO)O1. The summed E-state index contributed by atoms with van der Waals surface area (Å²) in [7, 11) is 1.45. The molecule has 0 aromatic rings. The lowest BCUT2D eigenvalue weighted by atomic mass is 10.0. The Morgan fingerprint density at radius 1 is 1.47 bits per heavy atom. The monoisotopic (exact) mass is 278 g/mol. The Bertz CT molecular complexity index is 278. The first-order valence-corrected chi connectivity index (χ1v) is 6.03. The van der Waals surface area contributed by atoms with Crippen LogP contribution in [-0.2, 0) is 14.3 Å². The third-order valence-electron chi connectivity index (χ3n) is 2.16. The second kappa shape index (κ2) is 12.0. The number of nitrogens with zero attached hydrogens (tertiary/aromatic N) is 1. The highest BCUT2D eigenvalue weighted by Gasteiger charge is 2.36. The number of carbonyl (C=O) groups is 1. The number of methoxy groups -OCH3 is 1. The van der Waals surface area contributed by atoms with E-state index in [0.29, 0.717) is 0 Å². The largest absolute Gasteiger partial charge is 0.511 e. The summed E-state index contributed by atoms with van der Waals surface area (Å²) in [5.74, 6) is -0.343.